The Balaban J connectivity index is 2.23. The number of hydrogen-bond acceptors (Lipinski definition) is 6. The molecule has 0 fully saturated rings. The predicted octanol–water partition coefficient (Wildman–Crippen LogP) is 2.54. The third-order valence-corrected chi connectivity index (χ3v) is 3.14. The van der Waals surface area contributed by atoms with Crippen molar-refractivity contribution in [1.29, 1.82) is 0 Å². The molecule has 7 nitrogen and oxygen atoms in total. The van der Waals surface area contributed by atoms with Gasteiger partial charge >= 0.3 is 0 Å². The van der Waals surface area contributed by atoms with Crippen LogP contribution in [0, 0.1) is 10.1 Å². The molecule has 2 aromatic rings. The molecule has 0 radical (unpaired) electrons. The molecule has 0 aliphatic rings. The van der Waals surface area contributed by atoms with Crippen LogP contribution >= 0.6 is 22.9 Å². The van der Waals surface area contributed by atoms with Gasteiger partial charge in [-0.3, -0.25) is 14.9 Å². The number of benzene rings is 1. The first-order valence-corrected chi connectivity index (χ1v) is 6.13. The number of nitrogens with two attached hydrogens (primary N) is 1. The number of nitrogen functional groups attached to an aromatic ring is 1. The van der Waals surface area contributed by atoms with Crippen molar-refractivity contribution in [2.45, 2.75) is 0 Å². The van der Waals surface area contributed by atoms with Crippen LogP contribution in [-0.4, -0.2) is 15.8 Å². The largest absolute Gasteiger partial charge is 0.375 e. The molecule has 3 N–H and O–H groups in total. The first-order chi connectivity index (χ1) is 8.95. The number of aromatic nitrogens is 1. The Morgan fingerprint density at radius 2 is 2.21 bits per heavy atom. The lowest BCUT2D eigenvalue weighted by molar-refractivity contribution is -0.384. The summed E-state index contributed by atoms with van der Waals surface area (Å²) in [4.78, 5) is 25.9. The molecule has 2 rings (SSSR count). The third kappa shape index (κ3) is 3.18. The van der Waals surface area contributed by atoms with Crippen LogP contribution in [-0.2, 0) is 0 Å². The topological polar surface area (TPSA) is 111 Å². The fourth-order valence-electron chi connectivity index (χ4n) is 1.34. The smallest absolute Gasteiger partial charge is 0.272 e. The van der Waals surface area contributed by atoms with Gasteiger partial charge in [0.25, 0.3) is 11.6 Å². The first-order valence-electron chi connectivity index (χ1n) is 4.93. The third-order valence-electron chi connectivity index (χ3n) is 2.10. The van der Waals surface area contributed by atoms with Crippen LogP contribution in [0.4, 0.5) is 16.5 Å². The summed E-state index contributed by atoms with van der Waals surface area (Å²) in [5, 5.41) is 13.6. The Morgan fingerprint density at radius 1 is 1.47 bits per heavy atom. The SMILES string of the molecule is Nc1ncc(C(=O)Nc2cc(Cl)cc([N+](=O)[O-])c2)s1. The molecule has 9 heteroatoms. The number of nitro groups is 1. The fourth-order valence-corrected chi connectivity index (χ4v) is 2.15. The van der Waals surface area contributed by atoms with Crippen molar-refractivity contribution in [1.82, 2.24) is 4.98 Å². The molecule has 0 bridgehead atoms. The van der Waals surface area contributed by atoms with Gasteiger partial charge in [-0.2, -0.15) is 0 Å². The summed E-state index contributed by atoms with van der Waals surface area (Å²) >= 11 is 6.76. The number of carbonyl (C=O) groups is 1. The highest BCUT2D eigenvalue weighted by molar-refractivity contribution is 7.17. The second-order valence-electron chi connectivity index (χ2n) is 3.47. The average molecular weight is 299 g/mol. The van der Waals surface area contributed by atoms with Gasteiger partial charge in [-0.05, 0) is 6.07 Å². The van der Waals surface area contributed by atoms with Crippen molar-refractivity contribution in [3.05, 3.63) is 44.4 Å². The molecular weight excluding hydrogens is 292 g/mol. The Labute approximate surface area is 116 Å². The summed E-state index contributed by atoms with van der Waals surface area (Å²) in [5.41, 5.74) is 5.45. The number of halogens is 1. The van der Waals surface area contributed by atoms with Crippen LogP contribution in [0.1, 0.15) is 9.67 Å². The van der Waals surface area contributed by atoms with Gasteiger partial charge in [-0.25, -0.2) is 4.98 Å². The number of hydrogen-bond donors (Lipinski definition) is 2. The molecule has 1 amide bonds. The second kappa shape index (κ2) is 5.21. The fraction of sp³-hybridized carbons (Fsp3) is 0. The van der Waals surface area contributed by atoms with E-state index in [1.165, 1.54) is 24.4 Å². The van der Waals surface area contributed by atoms with Crippen LogP contribution in [0.5, 0.6) is 0 Å². The van der Waals surface area contributed by atoms with Gasteiger partial charge in [0, 0.05) is 22.8 Å². The zero-order chi connectivity index (χ0) is 14.0. The van der Waals surface area contributed by atoms with E-state index in [1.807, 2.05) is 0 Å². The number of nitro benzene ring substituents is 1. The van der Waals surface area contributed by atoms with Gasteiger partial charge in [-0.15, -0.1) is 0 Å². The van der Waals surface area contributed by atoms with Crippen molar-refractivity contribution in [3.63, 3.8) is 0 Å². The van der Waals surface area contributed by atoms with Crippen LogP contribution in [0.25, 0.3) is 0 Å². The van der Waals surface area contributed by atoms with Crippen molar-refractivity contribution >= 4 is 45.4 Å². The number of nitrogens with one attached hydrogen (secondary N) is 1. The standard InChI is InChI=1S/C10H7ClN4O3S/c11-5-1-6(3-7(2-5)15(17)18)14-9(16)8-4-13-10(12)19-8/h1-4H,(H2,12,13)(H,14,16). The average Bonchev–Trinajstić information content (AvgIpc) is 2.75. The molecule has 0 spiro atoms. The van der Waals surface area contributed by atoms with E-state index in [-0.39, 0.29) is 21.5 Å². The lowest BCUT2D eigenvalue weighted by atomic mass is 10.2. The van der Waals surface area contributed by atoms with E-state index >= 15 is 0 Å². The maximum atomic E-state index is 11.8. The summed E-state index contributed by atoms with van der Waals surface area (Å²) in [6.07, 6.45) is 1.33. The highest BCUT2D eigenvalue weighted by Crippen LogP contribution is 2.25. The number of rotatable bonds is 3. The highest BCUT2D eigenvalue weighted by atomic mass is 35.5. The van der Waals surface area contributed by atoms with E-state index in [0.717, 1.165) is 11.3 Å². The zero-order valence-electron chi connectivity index (χ0n) is 9.29. The molecule has 1 aromatic carbocycles. The van der Waals surface area contributed by atoms with Crippen molar-refractivity contribution in [2.75, 3.05) is 11.1 Å². The molecule has 1 heterocycles. The molecule has 0 unspecified atom stereocenters. The monoisotopic (exact) mass is 298 g/mol. The van der Waals surface area contributed by atoms with Gasteiger partial charge in [-0.1, -0.05) is 22.9 Å². The Morgan fingerprint density at radius 3 is 2.79 bits per heavy atom. The molecule has 19 heavy (non-hydrogen) atoms. The summed E-state index contributed by atoms with van der Waals surface area (Å²) < 4.78 is 0. The summed E-state index contributed by atoms with van der Waals surface area (Å²) in [5.74, 6) is -0.453. The molecule has 1 aromatic heterocycles. The molecular formula is C10H7ClN4O3S. The molecule has 0 atom stereocenters. The van der Waals surface area contributed by atoms with Gasteiger partial charge in [0.05, 0.1) is 11.1 Å². The van der Waals surface area contributed by atoms with E-state index in [2.05, 4.69) is 10.3 Å². The van der Waals surface area contributed by atoms with Crippen LogP contribution in [0.15, 0.2) is 24.4 Å². The molecule has 0 saturated heterocycles. The quantitative estimate of drug-likeness (QED) is 0.668. The van der Waals surface area contributed by atoms with Gasteiger partial charge < -0.3 is 11.1 Å². The molecule has 0 aliphatic heterocycles. The van der Waals surface area contributed by atoms with E-state index in [4.69, 9.17) is 17.3 Å². The minimum atomic E-state index is -0.591. The first kappa shape index (κ1) is 13.2. The maximum Gasteiger partial charge on any atom is 0.272 e. The normalized spacial score (nSPS) is 10.2. The van der Waals surface area contributed by atoms with Crippen molar-refractivity contribution in [3.8, 4) is 0 Å². The number of anilines is 2. The van der Waals surface area contributed by atoms with Crippen LogP contribution < -0.4 is 11.1 Å². The second-order valence-corrected chi connectivity index (χ2v) is 4.97. The van der Waals surface area contributed by atoms with Gasteiger partial charge in [0.2, 0.25) is 0 Å². The Bertz CT molecular complexity index is 658. The number of nitrogens with zero attached hydrogens (tertiary/aromatic N) is 2. The summed E-state index contributed by atoms with van der Waals surface area (Å²) in [6, 6.07) is 3.83. The molecule has 98 valence electrons. The van der Waals surface area contributed by atoms with Crippen molar-refractivity contribution < 1.29 is 9.72 Å². The van der Waals surface area contributed by atoms with E-state index in [0.29, 0.717) is 4.88 Å². The lowest BCUT2D eigenvalue weighted by Crippen LogP contribution is -2.10. The predicted molar refractivity (Wildman–Crippen MR) is 72.6 cm³/mol. The summed E-state index contributed by atoms with van der Waals surface area (Å²) in [6.45, 7) is 0. The number of amides is 1. The Kier molecular flexibility index (Phi) is 3.63. The number of non-ortho nitro benzene ring substituents is 1. The maximum absolute atomic E-state index is 11.8. The minimum Gasteiger partial charge on any atom is -0.375 e. The number of carbonyl (C=O) groups excluding carboxylic acids is 1. The number of thiazole rings is 1. The van der Waals surface area contributed by atoms with Crippen molar-refractivity contribution in [2.24, 2.45) is 0 Å². The minimum absolute atomic E-state index is 0.160. The lowest BCUT2D eigenvalue weighted by Gasteiger charge is -2.03. The van der Waals surface area contributed by atoms with Crippen LogP contribution in [0.2, 0.25) is 5.02 Å². The highest BCUT2D eigenvalue weighted by Gasteiger charge is 2.13. The Hall–Kier alpha value is -2.19. The molecule has 0 saturated carbocycles. The van der Waals surface area contributed by atoms with E-state index < -0.39 is 10.8 Å². The van der Waals surface area contributed by atoms with E-state index in [1.54, 1.807) is 0 Å². The zero-order valence-corrected chi connectivity index (χ0v) is 10.9. The molecule has 0 aliphatic carbocycles. The van der Waals surface area contributed by atoms with E-state index in [9.17, 15) is 14.9 Å². The summed E-state index contributed by atoms with van der Waals surface area (Å²) in [7, 11) is 0. The van der Waals surface area contributed by atoms with Crippen LogP contribution in [0.3, 0.4) is 0 Å². The van der Waals surface area contributed by atoms with Gasteiger partial charge in [0.1, 0.15) is 4.88 Å². The van der Waals surface area contributed by atoms with Gasteiger partial charge in [0.15, 0.2) is 5.13 Å².